The Balaban J connectivity index is 4.28. The van der Waals surface area contributed by atoms with Crippen molar-refractivity contribution in [3.63, 3.8) is 0 Å². The van der Waals surface area contributed by atoms with E-state index < -0.39 is 43.0 Å². The van der Waals surface area contributed by atoms with E-state index in [0.717, 1.165) is 4.90 Å². The van der Waals surface area contributed by atoms with Crippen LogP contribution in [0.2, 0.25) is 0 Å². The summed E-state index contributed by atoms with van der Waals surface area (Å²) in [6.07, 6.45) is -1.83. The summed E-state index contributed by atoms with van der Waals surface area (Å²) in [5.74, 6) is -3.08. The number of carboxylic acid groups (broad SMARTS) is 1. The van der Waals surface area contributed by atoms with Crippen molar-refractivity contribution in [2.75, 3.05) is 19.6 Å². The zero-order chi connectivity index (χ0) is 15.0. The van der Waals surface area contributed by atoms with Crippen LogP contribution in [0.25, 0.3) is 0 Å². The standard InChI is InChI=1S/C9H16N4O6/c10-6(15)3-13(4-7(11)16)9(19)12-2-1-5(14)8(17)18/h5,14H,1-4H2,(H2,10,15)(H2,11,16)(H,12,19)(H,17,18)/t5-/m0/s1. The fourth-order valence-corrected chi connectivity index (χ4v) is 1.13. The number of nitrogens with zero attached hydrogens (tertiary/aromatic N) is 1. The van der Waals surface area contributed by atoms with Crippen molar-refractivity contribution < 1.29 is 29.4 Å². The molecular weight excluding hydrogens is 260 g/mol. The highest BCUT2D eigenvalue weighted by atomic mass is 16.4. The molecule has 0 spiro atoms. The number of aliphatic carboxylic acids is 1. The van der Waals surface area contributed by atoms with Crippen molar-refractivity contribution in [2.45, 2.75) is 12.5 Å². The summed E-state index contributed by atoms with van der Waals surface area (Å²) in [4.78, 5) is 44.0. The van der Waals surface area contributed by atoms with Crippen LogP contribution in [0.4, 0.5) is 4.79 Å². The van der Waals surface area contributed by atoms with Gasteiger partial charge in [-0.25, -0.2) is 9.59 Å². The third-order valence-electron chi connectivity index (χ3n) is 1.96. The highest BCUT2D eigenvalue weighted by molar-refractivity contribution is 5.87. The second-order valence-electron chi connectivity index (χ2n) is 3.66. The highest BCUT2D eigenvalue weighted by Crippen LogP contribution is 1.92. The quantitative estimate of drug-likeness (QED) is 0.312. The maximum absolute atomic E-state index is 11.5. The lowest BCUT2D eigenvalue weighted by Gasteiger charge is -2.20. The predicted octanol–water partition coefficient (Wildman–Crippen LogP) is -3.20. The summed E-state index contributed by atoms with van der Waals surface area (Å²) in [6, 6.07) is -0.810. The molecule has 0 saturated heterocycles. The molecule has 10 heteroatoms. The van der Waals surface area contributed by atoms with Gasteiger partial charge in [-0.2, -0.15) is 0 Å². The average Bonchev–Trinajstić information content (AvgIpc) is 2.26. The van der Waals surface area contributed by atoms with E-state index in [1.807, 2.05) is 0 Å². The molecule has 0 bridgehead atoms. The fourth-order valence-electron chi connectivity index (χ4n) is 1.13. The molecule has 0 fully saturated rings. The lowest BCUT2D eigenvalue weighted by Crippen LogP contribution is -2.48. The summed E-state index contributed by atoms with van der Waals surface area (Å²) in [5.41, 5.74) is 9.79. The summed E-state index contributed by atoms with van der Waals surface area (Å²) in [7, 11) is 0. The van der Waals surface area contributed by atoms with Gasteiger partial charge >= 0.3 is 12.0 Å². The molecular formula is C9H16N4O6. The Morgan fingerprint density at radius 3 is 1.95 bits per heavy atom. The van der Waals surface area contributed by atoms with Gasteiger partial charge in [-0.05, 0) is 0 Å². The molecule has 0 rings (SSSR count). The molecule has 108 valence electrons. The van der Waals surface area contributed by atoms with Gasteiger partial charge in [0.05, 0.1) is 0 Å². The highest BCUT2D eigenvalue weighted by Gasteiger charge is 2.18. The van der Waals surface area contributed by atoms with Crippen molar-refractivity contribution in [2.24, 2.45) is 11.5 Å². The molecule has 0 aliphatic rings. The van der Waals surface area contributed by atoms with Gasteiger partial charge < -0.3 is 31.9 Å². The van der Waals surface area contributed by atoms with E-state index in [1.165, 1.54) is 0 Å². The number of aliphatic hydroxyl groups is 1. The predicted molar refractivity (Wildman–Crippen MR) is 61.6 cm³/mol. The number of rotatable bonds is 8. The van der Waals surface area contributed by atoms with Crippen LogP contribution in [0.15, 0.2) is 0 Å². The number of carbonyl (C=O) groups is 4. The van der Waals surface area contributed by atoms with E-state index >= 15 is 0 Å². The molecule has 0 aromatic heterocycles. The number of carbonyl (C=O) groups excluding carboxylic acids is 3. The molecule has 7 N–H and O–H groups in total. The largest absolute Gasteiger partial charge is 0.479 e. The van der Waals surface area contributed by atoms with Crippen molar-refractivity contribution in [3.05, 3.63) is 0 Å². The zero-order valence-electron chi connectivity index (χ0n) is 10.0. The maximum Gasteiger partial charge on any atom is 0.332 e. The van der Waals surface area contributed by atoms with Crippen molar-refractivity contribution in [1.29, 1.82) is 0 Å². The van der Waals surface area contributed by atoms with Crippen molar-refractivity contribution in [1.82, 2.24) is 10.2 Å². The topological polar surface area (TPSA) is 176 Å². The van der Waals surface area contributed by atoms with Crippen LogP contribution in [0.1, 0.15) is 6.42 Å². The maximum atomic E-state index is 11.5. The van der Waals surface area contributed by atoms with Gasteiger partial charge in [-0.15, -0.1) is 0 Å². The Kier molecular flexibility index (Phi) is 6.89. The molecule has 0 unspecified atom stereocenters. The molecule has 0 saturated carbocycles. The van der Waals surface area contributed by atoms with Crippen LogP contribution >= 0.6 is 0 Å². The molecule has 0 aromatic rings. The van der Waals surface area contributed by atoms with E-state index in [2.05, 4.69) is 5.32 Å². The molecule has 0 aromatic carbocycles. The molecule has 10 nitrogen and oxygen atoms in total. The Morgan fingerprint density at radius 1 is 1.11 bits per heavy atom. The molecule has 19 heavy (non-hydrogen) atoms. The van der Waals surface area contributed by atoms with Gasteiger partial charge in [-0.3, -0.25) is 9.59 Å². The summed E-state index contributed by atoms with van der Waals surface area (Å²) < 4.78 is 0. The van der Waals surface area contributed by atoms with Gasteiger partial charge in [0.15, 0.2) is 6.10 Å². The van der Waals surface area contributed by atoms with Gasteiger partial charge in [0, 0.05) is 13.0 Å². The minimum atomic E-state index is -1.61. The van der Waals surface area contributed by atoms with Crippen molar-refractivity contribution in [3.8, 4) is 0 Å². The fraction of sp³-hybridized carbons (Fsp3) is 0.556. The first-order chi connectivity index (χ1) is 8.73. The molecule has 4 amide bonds. The normalized spacial score (nSPS) is 11.4. The first kappa shape index (κ1) is 16.6. The lowest BCUT2D eigenvalue weighted by molar-refractivity contribution is -0.146. The van der Waals surface area contributed by atoms with Gasteiger partial charge in [0.25, 0.3) is 0 Å². The van der Waals surface area contributed by atoms with E-state index in [-0.39, 0.29) is 13.0 Å². The van der Waals surface area contributed by atoms with Crippen LogP contribution in [0.3, 0.4) is 0 Å². The Labute approximate surface area is 108 Å². The Morgan fingerprint density at radius 2 is 1.58 bits per heavy atom. The van der Waals surface area contributed by atoms with E-state index in [4.69, 9.17) is 21.7 Å². The monoisotopic (exact) mass is 276 g/mol. The average molecular weight is 276 g/mol. The van der Waals surface area contributed by atoms with Gasteiger partial charge in [0.1, 0.15) is 13.1 Å². The third-order valence-corrected chi connectivity index (χ3v) is 1.96. The minimum absolute atomic E-state index is 0.152. The lowest BCUT2D eigenvalue weighted by atomic mass is 10.2. The number of aliphatic hydroxyl groups excluding tert-OH is 1. The summed E-state index contributed by atoms with van der Waals surface area (Å²) in [6.45, 7) is -1.16. The van der Waals surface area contributed by atoms with E-state index in [1.54, 1.807) is 0 Å². The molecule has 0 aliphatic carbocycles. The minimum Gasteiger partial charge on any atom is -0.479 e. The first-order valence-corrected chi connectivity index (χ1v) is 5.24. The number of carboxylic acids is 1. The van der Waals surface area contributed by atoms with Crippen LogP contribution in [-0.2, 0) is 14.4 Å². The van der Waals surface area contributed by atoms with Crippen LogP contribution in [-0.4, -0.2) is 64.7 Å². The van der Waals surface area contributed by atoms with Crippen molar-refractivity contribution >= 4 is 23.8 Å². The second kappa shape index (κ2) is 7.87. The first-order valence-electron chi connectivity index (χ1n) is 5.24. The van der Waals surface area contributed by atoms with Gasteiger partial charge in [-0.1, -0.05) is 0 Å². The van der Waals surface area contributed by atoms with E-state index in [0.29, 0.717) is 0 Å². The smallest absolute Gasteiger partial charge is 0.332 e. The number of hydrogen-bond acceptors (Lipinski definition) is 5. The number of nitrogens with one attached hydrogen (secondary N) is 1. The van der Waals surface area contributed by atoms with Gasteiger partial charge in [0.2, 0.25) is 11.8 Å². The Hall–Kier alpha value is -2.36. The number of nitrogens with two attached hydrogens (primary N) is 2. The molecule has 1 atom stereocenters. The molecule has 0 aliphatic heterocycles. The third kappa shape index (κ3) is 7.54. The number of urea groups is 1. The zero-order valence-corrected chi connectivity index (χ0v) is 10.0. The van der Waals surface area contributed by atoms with Crippen LogP contribution in [0.5, 0.6) is 0 Å². The summed E-state index contributed by atoms with van der Waals surface area (Å²) in [5, 5.41) is 19.6. The number of amides is 4. The van der Waals surface area contributed by atoms with Crippen LogP contribution < -0.4 is 16.8 Å². The molecule has 0 radical (unpaired) electrons. The van der Waals surface area contributed by atoms with E-state index in [9.17, 15) is 19.2 Å². The Bertz CT molecular complexity index is 356. The molecule has 0 heterocycles. The SMILES string of the molecule is NC(=O)CN(CC(N)=O)C(=O)NCC[C@H](O)C(=O)O. The van der Waals surface area contributed by atoms with Crippen LogP contribution in [0, 0.1) is 0 Å². The second-order valence-corrected chi connectivity index (χ2v) is 3.66. The number of hydrogen-bond donors (Lipinski definition) is 5. The number of primary amides is 2. The summed E-state index contributed by atoms with van der Waals surface area (Å²) >= 11 is 0.